The van der Waals surface area contributed by atoms with Gasteiger partial charge in [-0.25, -0.2) is 14.6 Å². The lowest BCUT2D eigenvalue weighted by Crippen LogP contribution is -2.64. The highest BCUT2D eigenvalue weighted by Crippen LogP contribution is 2.34. The molecule has 1 aliphatic carbocycles. The molecule has 1 saturated heterocycles. The number of carbonyl (C=O) groups excluding carboxylic acids is 3. The van der Waals surface area contributed by atoms with Crippen LogP contribution in [0.4, 0.5) is 4.79 Å². The van der Waals surface area contributed by atoms with Gasteiger partial charge in [-0.15, -0.1) is 11.3 Å². The van der Waals surface area contributed by atoms with E-state index < -0.39 is 18.2 Å². The van der Waals surface area contributed by atoms with Crippen LogP contribution < -0.4 is 5.32 Å². The molecule has 4 rings (SSSR count). The fourth-order valence-electron chi connectivity index (χ4n) is 4.82. The number of hydrogen-bond donors (Lipinski definition) is 1. The van der Waals surface area contributed by atoms with Crippen LogP contribution in [-0.2, 0) is 22.4 Å². The Bertz CT molecular complexity index is 927. The zero-order valence-corrected chi connectivity index (χ0v) is 19.9. The first-order chi connectivity index (χ1) is 15.5. The topological polar surface area (TPSA) is 91.3 Å². The van der Waals surface area contributed by atoms with Crippen LogP contribution in [0, 0.1) is 5.92 Å². The van der Waals surface area contributed by atoms with Crippen molar-refractivity contribution in [1.29, 1.82) is 0 Å². The first-order valence-corrected chi connectivity index (χ1v) is 12.5. The summed E-state index contributed by atoms with van der Waals surface area (Å²) in [5, 5.41) is 2.45. The van der Waals surface area contributed by atoms with E-state index in [9.17, 15) is 14.4 Å². The molecular weight excluding hydrogens is 428 g/mol. The maximum absolute atomic E-state index is 12.8. The number of amidine groups is 1. The molecule has 174 valence electrons. The van der Waals surface area contributed by atoms with Crippen LogP contribution in [-0.4, -0.2) is 65.4 Å². The zero-order valence-electron chi connectivity index (χ0n) is 19.1. The van der Waals surface area contributed by atoms with Crippen molar-refractivity contribution in [3.63, 3.8) is 0 Å². The maximum atomic E-state index is 12.8. The number of likely N-dealkylation sites (N-methyl/N-ethyl adjacent to an activating group) is 1. The predicted molar refractivity (Wildman–Crippen MR) is 123 cm³/mol. The lowest BCUT2D eigenvalue weighted by atomic mass is 9.87. The Morgan fingerprint density at radius 3 is 2.81 bits per heavy atom. The third-order valence-electron chi connectivity index (χ3n) is 6.70. The molecule has 0 saturated carbocycles. The Morgan fingerprint density at radius 1 is 1.28 bits per heavy atom. The van der Waals surface area contributed by atoms with E-state index in [2.05, 4.69) is 24.2 Å². The Kier molecular flexibility index (Phi) is 6.83. The summed E-state index contributed by atoms with van der Waals surface area (Å²) < 4.78 is 5.62. The van der Waals surface area contributed by atoms with E-state index in [0.717, 1.165) is 32.1 Å². The number of hydrogen-bond acceptors (Lipinski definition) is 7. The molecule has 1 fully saturated rings. The first kappa shape index (κ1) is 22.8. The highest BCUT2D eigenvalue weighted by Gasteiger charge is 2.49. The number of ether oxygens (including phenoxy) is 1. The van der Waals surface area contributed by atoms with Crippen molar-refractivity contribution in [3.8, 4) is 0 Å². The molecular formula is C23H32N4O4S. The number of carbonyl (C=O) groups is 3. The second-order valence-corrected chi connectivity index (χ2v) is 9.82. The summed E-state index contributed by atoms with van der Waals surface area (Å²) in [5.74, 6) is 0.528. The van der Waals surface area contributed by atoms with Gasteiger partial charge < -0.3 is 9.64 Å². The number of nitrogens with one attached hydrogen (secondary N) is 1. The minimum absolute atomic E-state index is 0.0110. The van der Waals surface area contributed by atoms with Crippen LogP contribution in [0.25, 0.3) is 0 Å². The third kappa shape index (κ3) is 4.27. The Balaban J connectivity index is 1.46. The van der Waals surface area contributed by atoms with Crippen molar-refractivity contribution in [1.82, 2.24) is 15.1 Å². The van der Waals surface area contributed by atoms with Crippen molar-refractivity contribution in [2.24, 2.45) is 10.9 Å². The van der Waals surface area contributed by atoms with Crippen LogP contribution in [0.5, 0.6) is 0 Å². The van der Waals surface area contributed by atoms with Crippen molar-refractivity contribution < 1.29 is 19.1 Å². The maximum Gasteiger partial charge on any atom is 0.348 e. The molecule has 2 aliphatic heterocycles. The monoisotopic (exact) mass is 460 g/mol. The second kappa shape index (κ2) is 9.60. The number of thiophene rings is 1. The normalized spacial score (nSPS) is 24.7. The summed E-state index contributed by atoms with van der Waals surface area (Å²) in [6, 6.07) is 0.997. The number of imide groups is 1. The minimum atomic E-state index is -0.580. The summed E-state index contributed by atoms with van der Waals surface area (Å²) in [5.41, 5.74) is 1.28. The van der Waals surface area contributed by atoms with E-state index in [4.69, 9.17) is 4.74 Å². The van der Waals surface area contributed by atoms with Crippen LogP contribution >= 0.6 is 11.3 Å². The fourth-order valence-corrected chi connectivity index (χ4v) is 5.92. The van der Waals surface area contributed by atoms with Crippen molar-refractivity contribution in [2.45, 2.75) is 71.5 Å². The molecule has 1 aromatic heterocycles. The lowest BCUT2D eigenvalue weighted by molar-refractivity contribution is -0.127. The fraction of sp³-hybridized carbons (Fsp3) is 0.652. The number of rotatable bonds is 8. The largest absolute Gasteiger partial charge is 0.453 e. The molecule has 3 heterocycles. The van der Waals surface area contributed by atoms with Gasteiger partial charge in [-0.1, -0.05) is 26.7 Å². The summed E-state index contributed by atoms with van der Waals surface area (Å²) >= 11 is 1.53. The standard InChI is InChI=1S/C23H32N4O4S/c1-4-7-10-27-20-19(21(28)25-23(27)30)26(6-3)18(24-20)13-31-22(29)17-12-15-11-14(5-2)8-9-16(15)32-17/h12,14,19-20H,4-11,13H2,1-3H3,(H,25,28,30). The van der Waals surface area contributed by atoms with Crippen molar-refractivity contribution >= 4 is 35.1 Å². The lowest BCUT2D eigenvalue weighted by Gasteiger charge is -2.37. The van der Waals surface area contributed by atoms with Gasteiger partial charge in [0.15, 0.2) is 12.2 Å². The van der Waals surface area contributed by atoms with Crippen molar-refractivity contribution in [3.05, 3.63) is 21.4 Å². The van der Waals surface area contributed by atoms with Crippen LogP contribution in [0.15, 0.2) is 11.1 Å². The number of unbranched alkanes of at least 4 members (excludes halogenated alkanes) is 1. The molecule has 3 atom stereocenters. The van der Waals surface area contributed by atoms with Gasteiger partial charge >= 0.3 is 12.0 Å². The van der Waals surface area contributed by atoms with Gasteiger partial charge in [0.25, 0.3) is 5.91 Å². The summed E-state index contributed by atoms with van der Waals surface area (Å²) in [6.07, 6.45) is 5.60. The molecule has 9 heteroatoms. The van der Waals surface area contributed by atoms with Gasteiger partial charge in [0.05, 0.1) is 0 Å². The van der Waals surface area contributed by atoms with E-state index in [1.807, 2.05) is 17.9 Å². The quantitative estimate of drug-likeness (QED) is 0.602. The average Bonchev–Trinajstić information content (AvgIpc) is 3.38. The molecule has 3 unspecified atom stereocenters. The van der Waals surface area contributed by atoms with Crippen LogP contribution in [0.3, 0.4) is 0 Å². The number of fused-ring (bicyclic) bond motifs is 2. The van der Waals surface area contributed by atoms with Gasteiger partial charge in [-0.2, -0.15) is 0 Å². The van der Waals surface area contributed by atoms with Crippen LogP contribution in [0.1, 0.15) is 66.6 Å². The summed E-state index contributed by atoms with van der Waals surface area (Å²) in [6.45, 7) is 7.25. The molecule has 3 aliphatic rings. The Hall–Kier alpha value is -2.42. The third-order valence-corrected chi connectivity index (χ3v) is 7.92. The van der Waals surface area contributed by atoms with Gasteiger partial charge in [0, 0.05) is 18.0 Å². The number of aryl methyl sites for hydroxylation is 1. The Labute approximate surface area is 193 Å². The molecule has 32 heavy (non-hydrogen) atoms. The van der Waals surface area contributed by atoms with E-state index in [-0.39, 0.29) is 18.5 Å². The van der Waals surface area contributed by atoms with E-state index in [1.165, 1.54) is 28.2 Å². The molecule has 0 spiro atoms. The molecule has 3 amide bonds. The smallest absolute Gasteiger partial charge is 0.348 e. The van der Waals surface area contributed by atoms with Gasteiger partial charge in [-0.05, 0) is 50.2 Å². The van der Waals surface area contributed by atoms with E-state index in [1.54, 1.807) is 4.90 Å². The Morgan fingerprint density at radius 2 is 2.09 bits per heavy atom. The first-order valence-electron chi connectivity index (χ1n) is 11.7. The van der Waals surface area contributed by atoms with Gasteiger partial charge in [0.2, 0.25) is 0 Å². The molecule has 0 radical (unpaired) electrons. The highest BCUT2D eigenvalue weighted by atomic mass is 32.1. The SMILES string of the molecule is CCCCN1C(=O)NC(=O)C2C1N=C(COC(=O)c1cc3c(s1)CCC(CC)C3)N2CC. The molecule has 1 aromatic rings. The molecule has 1 N–H and O–H groups in total. The number of aliphatic imine (C=N–C) groups is 1. The summed E-state index contributed by atoms with van der Waals surface area (Å²) in [4.78, 5) is 47.7. The number of nitrogens with zero attached hydrogens (tertiary/aromatic N) is 3. The molecule has 0 bridgehead atoms. The number of esters is 1. The number of urea groups is 1. The average molecular weight is 461 g/mol. The van der Waals surface area contributed by atoms with Gasteiger partial charge in [-0.3, -0.25) is 15.0 Å². The van der Waals surface area contributed by atoms with Crippen molar-refractivity contribution in [2.75, 3.05) is 19.7 Å². The number of amides is 3. The van der Waals surface area contributed by atoms with Crippen LogP contribution in [0.2, 0.25) is 0 Å². The zero-order chi connectivity index (χ0) is 22.8. The van der Waals surface area contributed by atoms with Gasteiger partial charge in [0.1, 0.15) is 17.3 Å². The minimum Gasteiger partial charge on any atom is -0.453 e. The molecule has 0 aromatic carbocycles. The van der Waals surface area contributed by atoms with E-state index in [0.29, 0.717) is 29.7 Å². The van der Waals surface area contributed by atoms with E-state index >= 15 is 0 Å². The second-order valence-electron chi connectivity index (χ2n) is 8.68. The molecule has 8 nitrogen and oxygen atoms in total. The summed E-state index contributed by atoms with van der Waals surface area (Å²) in [7, 11) is 0. The predicted octanol–water partition coefficient (Wildman–Crippen LogP) is 3.20. The highest BCUT2D eigenvalue weighted by molar-refractivity contribution is 7.14.